The summed E-state index contributed by atoms with van der Waals surface area (Å²) in [5.41, 5.74) is 0.897. The molecule has 1 amide bonds. The first-order chi connectivity index (χ1) is 11.8. The largest absolute Gasteiger partial charge is 0.481 e. The van der Waals surface area contributed by atoms with Crippen LogP contribution in [0.15, 0.2) is 57.9 Å². The van der Waals surface area contributed by atoms with Crippen molar-refractivity contribution in [2.24, 2.45) is 5.14 Å². The number of ether oxygens (including phenoxy) is 1. The molecule has 1 atom stereocenters. The number of sulfonamides is 1. The van der Waals surface area contributed by atoms with E-state index in [9.17, 15) is 13.2 Å². The summed E-state index contributed by atoms with van der Waals surface area (Å²) in [6, 6.07) is 13.5. The van der Waals surface area contributed by atoms with E-state index in [0.717, 1.165) is 10.0 Å². The summed E-state index contributed by atoms with van der Waals surface area (Å²) in [6.07, 6.45) is -0.0484. The summed E-state index contributed by atoms with van der Waals surface area (Å²) in [5.74, 6) is 0.397. The van der Waals surface area contributed by atoms with Gasteiger partial charge in [-0.3, -0.25) is 4.79 Å². The number of hydrogen-bond donors (Lipinski definition) is 2. The van der Waals surface area contributed by atoms with Crippen LogP contribution in [0.3, 0.4) is 0 Å². The molecule has 0 bridgehead atoms. The maximum absolute atomic E-state index is 12.0. The fraction of sp³-hybridized carbons (Fsp3) is 0.235. The summed E-state index contributed by atoms with van der Waals surface area (Å²) < 4.78 is 28.9. The van der Waals surface area contributed by atoms with E-state index in [0.29, 0.717) is 18.7 Å². The first-order valence-corrected chi connectivity index (χ1v) is 9.91. The van der Waals surface area contributed by atoms with E-state index < -0.39 is 16.1 Å². The average molecular weight is 427 g/mol. The highest BCUT2D eigenvalue weighted by Gasteiger charge is 2.14. The van der Waals surface area contributed by atoms with Gasteiger partial charge in [-0.1, -0.05) is 28.1 Å². The Labute approximate surface area is 155 Å². The van der Waals surface area contributed by atoms with Gasteiger partial charge >= 0.3 is 0 Å². The average Bonchev–Trinajstić information content (AvgIpc) is 2.56. The molecule has 0 aliphatic heterocycles. The highest BCUT2D eigenvalue weighted by atomic mass is 79.9. The quantitative estimate of drug-likeness (QED) is 0.708. The maximum atomic E-state index is 12.0. The third-order valence-electron chi connectivity index (χ3n) is 3.46. The van der Waals surface area contributed by atoms with E-state index >= 15 is 0 Å². The zero-order valence-electron chi connectivity index (χ0n) is 13.6. The van der Waals surface area contributed by atoms with Crippen molar-refractivity contribution >= 4 is 31.9 Å². The summed E-state index contributed by atoms with van der Waals surface area (Å²) in [4.78, 5) is 12.1. The molecule has 0 saturated heterocycles. The predicted molar refractivity (Wildman–Crippen MR) is 98.8 cm³/mol. The van der Waals surface area contributed by atoms with Gasteiger partial charge in [0.15, 0.2) is 6.10 Å². The smallest absolute Gasteiger partial charge is 0.260 e. The van der Waals surface area contributed by atoms with E-state index in [1.165, 1.54) is 12.1 Å². The number of rotatable bonds is 7. The van der Waals surface area contributed by atoms with Crippen LogP contribution in [0.25, 0.3) is 0 Å². The van der Waals surface area contributed by atoms with Crippen LogP contribution in [-0.4, -0.2) is 27.0 Å². The number of nitrogens with two attached hydrogens (primary N) is 1. The molecule has 6 nitrogen and oxygen atoms in total. The van der Waals surface area contributed by atoms with Crippen LogP contribution in [0.2, 0.25) is 0 Å². The Morgan fingerprint density at radius 2 is 1.76 bits per heavy atom. The van der Waals surface area contributed by atoms with Gasteiger partial charge in [0.05, 0.1) is 4.90 Å². The molecule has 2 aromatic carbocycles. The number of amides is 1. The number of carbonyl (C=O) groups is 1. The molecule has 2 rings (SSSR count). The Balaban J connectivity index is 1.80. The van der Waals surface area contributed by atoms with E-state index in [4.69, 9.17) is 9.88 Å². The van der Waals surface area contributed by atoms with Crippen molar-refractivity contribution in [3.8, 4) is 5.75 Å². The molecule has 2 aromatic rings. The lowest BCUT2D eigenvalue weighted by molar-refractivity contribution is -0.127. The molecule has 0 saturated carbocycles. The zero-order chi connectivity index (χ0) is 18.4. The van der Waals surface area contributed by atoms with Gasteiger partial charge in [0, 0.05) is 11.0 Å². The fourth-order valence-corrected chi connectivity index (χ4v) is 2.87. The molecular formula is C17H19BrN2O4S. The van der Waals surface area contributed by atoms with Crippen molar-refractivity contribution in [3.05, 3.63) is 58.6 Å². The minimum absolute atomic E-state index is 0.0665. The molecule has 134 valence electrons. The van der Waals surface area contributed by atoms with Crippen molar-refractivity contribution < 1.29 is 17.9 Å². The van der Waals surface area contributed by atoms with Crippen LogP contribution in [0.5, 0.6) is 5.75 Å². The van der Waals surface area contributed by atoms with Gasteiger partial charge in [0.1, 0.15) is 5.75 Å². The number of carbonyl (C=O) groups excluding carboxylic acids is 1. The lowest BCUT2D eigenvalue weighted by atomic mass is 10.1. The van der Waals surface area contributed by atoms with Crippen LogP contribution >= 0.6 is 15.9 Å². The highest BCUT2D eigenvalue weighted by molar-refractivity contribution is 9.10. The van der Waals surface area contributed by atoms with Crippen LogP contribution in [0.4, 0.5) is 0 Å². The molecule has 0 aromatic heterocycles. The van der Waals surface area contributed by atoms with Crippen molar-refractivity contribution in [1.29, 1.82) is 0 Å². The fourth-order valence-electron chi connectivity index (χ4n) is 2.09. The maximum Gasteiger partial charge on any atom is 0.260 e. The van der Waals surface area contributed by atoms with Crippen molar-refractivity contribution in [1.82, 2.24) is 5.32 Å². The molecular weight excluding hydrogens is 408 g/mol. The van der Waals surface area contributed by atoms with Crippen molar-refractivity contribution in [2.75, 3.05) is 6.54 Å². The normalized spacial score (nSPS) is 12.4. The van der Waals surface area contributed by atoms with Crippen LogP contribution < -0.4 is 15.2 Å². The number of hydrogen-bond acceptors (Lipinski definition) is 4. The standard InChI is InChI=1S/C17H19BrN2O4S/c1-12(24-15-6-4-14(18)5-7-15)17(21)20-11-10-13-2-8-16(9-3-13)25(19,22)23/h2-9,12H,10-11H2,1H3,(H,20,21)(H2,19,22,23). The molecule has 0 heterocycles. The molecule has 1 unspecified atom stereocenters. The number of primary sulfonamides is 1. The molecule has 0 fully saturated rings. The van der Waals surface area contributed by atoms with Gasteiger partial charge in [-0.05, 0) is 55.3 Å². The van der Waals surface area contributed by atoms with Gasteiger partial charge in [0.25, 0.3) is 5.91 Å². The summed E-state index contributed by atoms with van der Waals surface area (Å²) in [6.45, 7) is 2.10. The Hall–Kier alpha value is -1.90. The Bertz CT molecular complexity index is 821. The van der Waals surface area contributed by atoms with Crippen LogP contribution in [-0.2, 0) is 21.2 Å². The monoisotopic (exact) mass is 426 g/mol. The minimum Gasteiger partial charge on any atom is -0.481 e. The van der Waals surface area contributed by atoms with E-state index in [2.05, 4.69) is 21.2 Å². The Morgan fingerprint density at radius 3 is 2.32 bits per heavy atom. The van der Waals surface area contributed by atoms with Gasteiger partial charge in [-0.2, -0.15) is 0 Å². The van der Waals surface area contributed by atoms with E-state index in [1.807, 2.05) is 12.1 Å². The van der Waals surface area contributed by atoms with E-state index in [1.54, 1.807) is 31.2 Å². The number of nitrogens with one attached hydrogen (secondary N) is 1. The van der Waals surface area contributed by atoms with Gasteiger partial charge < -0.3 is 10.1 Å². The molecule has 0 radical (unpaired) electrons. The highest BCUT2D eigenvalue weighted by Crippen LogP contribution is 2.17. The second kappa shape index (κ2) is 8.46. The molecule has 8 heteroatoms. The number of benzene rings is 2. The molecule has 0 aliphatic carbocycles. The van der Waals surface area contributed by atoms with Gasteiger partial charge in [-0.25, -0.2) is 13.6 Å². The SMILES string of the molecule is CC(Oc1ccc(Br)cc1)C(=O)NCCc1ccc(S(N)(=O)=O)cc1. The summed E-state index contributed by atoms with van der Waals surface area (Å²) in [7, 11) is -3.69. The van der Waals surface area contributed by atoms with Gasteiger partial charge in [-0.15, -0.1) is 0 Å². The number of halogens is 1. The zero-order valence-corrected chi connectivity index (χ0v) is 16.0. The third kappa shape index (κ3) is 6.15. The molecule has 25 heavy (non-hydrogen) atoms. The second-order valence-electron chi connectivity index (χ2n) is 5.44. The lowest BCUT2D eigenvalue weighted by Crippen LogP contribution is -2.37. The Morgan fingerprint density at radius 1 is 1.16 bits per heavy atom. The lowest BCUT2D eigenvalue weighted by Gasteiger charge is -2.14. The second-order valence-corrected chi connectivity index (χ2v) is 7.92. The summed E-state index contributed by atoms with van der Waals surface area (Å²) >= 11 is 3.34. The van der Waals surface area contributed by atoms with Crippen molar-refractivity contribution in [3.63, 3.8) is 0 Å². The third-order valence-corrected chi connectivity index (χ3v) is 4.92. The van der Waals surface area contributed by atoms with Crippen molar-refractivity contribution in [2.45, 2.75) is 24.3 Å². The Kier molecular flexibility index (Phi) is 6.57. The van der Waals surface area contributed by atoms with E-state index in [-0.39, 0.29) is 10.8 Å². The first kappa shape index (κ1) is 19.4. The topological polar surface area (TPSA) is 98.5 Å². The minimum atomic E-state index is -3.69. The van der Waals surface area contributed by atoms with Crippen LogP contribution in [0, 0.1) is 0 Å². The molecule has 0 aliphatic rings. The molecule has 0 spiro atoms. The van der Waals surface area contributed by atoms with Gasteiger partial charge in [0.2, 0.25) is 10.0 Å². The summed E-state index contributed by atoms with van der Waals surface area (Å²) in [5, 5.41) is 7.84. The molecule has 3 N–H and O–H groups in total. The first-order valence-electron chi connectivity index (χ1n) is 7.57. The predicted octanol–water partition coefficient (Wildman–Crippen LogP) is 2.22. The van der Waals surface area contributed by atoms with Crippen LogP contribution in [0.1, 0.15) is 12.5 Å².